The van der Waals surface area contributed by atoms with Gasteiger partial charge in [-0.15, -0.1) is 0 Å². The molecule has 1 saturated heterocycles. The predicted molar refractivity (Wildman–Crippen MR) is 90.1 cm³/mol. The highest BCUT2D eigenvalue weighted by Gasteiger charge is 2.37. The Morgan fingerprint density at radius 2 is 1.92 bits per heavy atom. The minimum atomic E-state index is -0.560. The quantitative estimate of drug-likeness (QED) is 0.672. The molecular formula is C17H23FN4O3. The number of nitrogens with two attached hydrogens (primary N) is 1. The molecule has 7 nitrogen and oxygen atoms in total. The van der Waals surface area contributed by atoms with Crippen LogP contribution in [0.5, 0.6) is 0 Å². The molecule has 0 saturated carbocycles. The van der Waals surface area contributed by atoms with Crippen molar-refractivity contribution >= 4 is 17.7 Å². The van der Waals surface area contributed by atoms with Gasteiger partial charge in [-0.25, -0.2) is 4.39 Å². The summed E-state index contributed by atoms with van der Waals surface area (Å²) in [6.07, 6.45) is 0.495. The van der Waals surface area contributed by atoms with Gasteiger partial charge in [-0.05, 0) is 37.6 Å². The molecule has 0 aliphatic carbocycles. The smallest absolute Gasteiger partial charge is 0.251 e. The Kier molecular flexibility index (Phi) is 6.46. The van der Waals surface area contributed by atoms with Crippen LogP contribution in [0.3, 0.4) is 0 Å². The van der Waals surface area contributed by atoms with Crippen molar-refractivity contribution in [3.8, 4) is 0 Å². The van der Waals surface area contributed by atoms with Crippen LogP contribution in [-0.4, -0.2) is 54.3 Å². The van der Waals surface area contributed by atoms with Gasteiger partial charge in [-0.1, -0.05) is 0 Å². The molecule has 0 aromatic heterocycles. The zero-order chi connectivity index (χ0) is 18.4. The molecule has 3 amide bonds. The van der Waals surface area contributed by atoms with Crippen molar-refractivity contribution in [2.75, 3.05) is 19.6 Å². The number of hydrogen-bond donors (Lipinski definition) is 3. The van der Waals surface area contributed by atoms with E-state index in [9.17, 15) is 18.8 Å². The lowest BCUT2D eigenvalue weighted by atomic mass is 10.1. The van der Waals surface area contributed by atoms with Gasteiger partial charge in [0.2, 0.25) is 11.8 Å². The van der Waals surface area contributed by atoms with Crippen LogP contribution < -0.4 is 16.4 Å². The lowest BCUT2D eigenvalue weighted by Crippen LogP contribution is -2.46. The number of halogens is 1. The number of nitrogens with zero attached hydrogens (tertiary/aromatic N) is 1. The summed E-state index contributed by atoms with van der Waals surface area (Å²) in [7, 11) is 0. The Hall–Kier alpha value is -2.48. The Morgan fingerprint density at radius 3 is 2.56 bits per heavy atom. The molecule has 2 rings (SSSR count). The predicted octanol–water partition coefficient (Wildman–Crippen LogP) is 0.00990. The zero-order valence-corrected chi connectivity index (χ0v) is 14.1. The van der Waals surface area contributed by atoms with E-state index in [1.54, 1.807) is 0 Å². The number of amides is 3. The number of hydrogen-bond acceptors (Lipinski definition) is 4. The summed E-state index contributed by atoms with van der Waals surface area (Å²) in [5.74, 6) is -1.25. The van der Waals surface area contributed by atoms with E-state index in [-0.39, 0.29) is 36.7 Å². The molecule has 1 heterocycles. The molecule has 136 valence electrons. The topological polar surface area (TPSA) is 105 Å². The van der Waals surface area contributed by atoms with E-state index in [0.717, 1.165) is 0 Å². The molecule has 1 fully saturated rings. The summed E-state index contributed by atoms with van der Waals surface area (Å²) in [6.45, 7) is 2.75. The lowest BCUT2D eigenvalue weighted by molar-refractivity contribution is -0.138. The first-order valence-electron chi connectivity index (χ1n) is 8.29. The Balaban J connectivity index is 1.85. The van der Waals surface area contributed by atoms with Crippen LogP contribution in [0.25, 0.3) is 0 Å². The number of carbonyl (C=O) groups excluding carboxylic acids is 3. The number of benzene rings is 1. The van der Waals surface area contributed by atoms with E-state index in [1.165, 1.54) is 29.2 Å². The van der Waals surface area contributed by atoms with Gasteiger partial charge in [0.1, 0.15) is 11.9 Å². The third-order valence-electron chi connectivity index (χ3n) is 4.04. The molecular weight excluding hydrogens is 327 g/mol. The standard InChI is InChI=1S/C17H23FN4O3/c1-2-20-17(25)14-9-13(19)10-22(14)15(23)7-8-21-16(24)11-3-5-12(18)6-4-11/h3-6,13-14H,2,7-10,19H2,1H3,(H,20,25)(H,21,24)/t13-,14-/m0/s1. The summed E-state index contributed by atoms with van der Waals surface area (Å²) >= 11 is 0. The van der Waals surface area contributed by atoms with Crippen LogP contribution >= 0.6 is 0 Å². The minimum absolute atomic E-state index is 0.0650. The van der Waals surface area contributed by atoms with E-state index in [1.807, 2.05) is 6.92 Å². The molecule has 1 aliphatic rings. The van der Waals surface area contributed by atoms with Crippen LogP contribution in [0.4, 0.5) is 4.39 Å². The van der Waals surface area contributed by atoms with E-state index in [0.29, 0.717) is 25.1 Å². The SMILES string of the molecule is CCNC(=O)[C@@H]1C[C@H](N)CN1C(=O)CCNC(=O)c1ccc(F)cc1. The third-order valence-corrected chi connectivity index (χ3v) is 4.04. The van der Waals surface area contributed by atoms with Crippen molar-refractivity contribution < 1.29 is 18.8 Å². The van der Waals surface area contributed by atoms with Gasteiger partial charge in [-0.2, -0.15) is 0 Å². The average Bonchev–Trinajstić information content (AvgIpc) is 2.97. The number of carbonyl (C=O) groups is 3. The second-order valence-corrected chi connectivity index (χ2v) is 5.97. The maximum Gasteiger partial charge on any atom is 0.251 e. The minimum Gasteiger partial charge on any atom is -0.355 e. The highest BCUT2D eigenvalue weighted by molar-refractivity contribution is 5.94. The largest absolute Gasteiger partial charge is 0.355 e. The molecule has 1 aromatic rings. The lowest BCUT2D eigenvalue weighted by Gasteiger charge is -2.23. The molecule has 0 bridgehead atoms. The van der Waals surface area contributed by atoms with Gasteiger partial charge in [0.25, 0.3) is 5.91 Å². The van der Waals surface area contributed by atoms with Gasteiger partial charge >= 0.3 is 0 Å². The van der Waals surface area contributed by atoms with Crippen molar-refractivity contribution in [1.29, 1.82) is 0 Å². The van der Waals surface area contributed by atoms with Gasteiger partial charge in [0.05, 0.1) is 0 Å². The summed E-state index contributed by atoms with van der Waals surface area (Å²) in [4.78, 5) is 37.8. The number of likely N-dealkylation sites (N-methyl/N-ethyl adjacent to an activating group) is 1. The third kappa shape index (κ3) is 4.99. The monoisotopic (exact) mass is 350 g/mol. The molecule has 2 atom stereocenters. The van der Waals surface area contributed by atoms with E-state index in [4.69, 9.17) is 5.73 Å². The first-order chi connectivity index (χ1) is 11.9. The zero-order valence-electron chi connectivity index (χ0n) is 14.1. The second kappa shape index (κ2) is 8.57. The van der Waals surface area contributed by atoms with Gasteiger partial charge in [0.15, 0.2) is 0 Å². The fraction of sp³-hybridized carbons (Fsp3) is 0.471. The average molecular weight is 350 g/mol. The maximum absolute atomic E-state index is 12.8. The fourth-order valence-corrected chi connectivity index (χ4v) is 2.81. The van der Waals surface area contributed by atoms with Crippen molar-refractivity contribution in [2.24, 2.45) is 5.73 Å². The molecule has 25 heavy (non-hydrogen) atoms. The Labute approximate surface area is 145 Å². The molecule has 1 aliphatic heterocycles. The Bertz CT molecular complexity index is 635. The van der Waals surface area contributed by atoms with Crippen molar-refractivity contribution in [3.63, 3.8) is 0 Å². The second-order valence-electron chi connectivity index (χ2n) is 5.97. The van der Waals surface area contributed by atoms with Crippen molar-refractivity contribution in [3.05, 3.63) is 35.6 Å². The van der Waals surface area contributed by atoms with Crippen LogP contribution in [0.2, 0.25) is 0 Å². The molecule has 1 aromatic carbocycles. The molecule has 8 heteroatoms. The normalized spacial score (nSPS) is 19.6. The summed E-state index contributed by atoms with van der Waals surface area (Å²) < 4.78 is 12.8. The van der Waals surface area contributed by atoms with E-state index >= 15 is 0 Å². The molecule has 0 radical (unpaired) electrons. The van der Waals surface area contributed by atoms with Crippen molar-refractivity contribution in [1.82, 2.24) is 15.5 Å². The number of nitrogens with one attached hydrogen (secondary N) is 2. The van der Waals surface area contributed by atoms with Crippen LogP contribution in [0, 0.1) is 5.82 Å². The van der Waals surface area contributed by atoms with Gasteiger partial charge in [0, 0.05) is 37.7 Å². The fourth-order valence-electron chi connectivity index (χ4n) is 2.81. The number of rotatable bonds is 6. The van der Waals surface area contributed by atoms with Crippen LogP contribution in [0.15, 0.2) is 24.3 Å². The first-order valence-corrected chi connectivity index (χ1v) is 8.29. The summed E-state index contributed by atoms with van der Waals surface area (Å²) in [5.41, 5.74) is 6.19. The van der Waals surface area contributed by atoms with E-state index < -0.39 is 11.9 Å². The van der Waals surface area contributed by atoms with Crippen LogP contribution in [0.1, 0.15) is 30.1 Å². The first kappa shape index (κ1) is 18.9. The molecule has 4 N–H and O–H groups in total. The van der Waals surface area contributed by atoms with Crippen molar-refractivity contribution in [2.45, 2.75) is 31.8 Å². The highest BCUT2D eigenvalue weighted by atomic mass is 19.1. The van der Waals surface area contributed by atoms with Crippen LogP contribution in [-0.2, 0) is 9.59 Å². The summed E-state index contributed by atoms with van der Waals surface area (Å²) in [5, 5.41) is 5.32. The maximum atomic E-state index is 12.8. The summed E-state index contributed by atoms with van der Waals surface area (Å²) in [6, 6.07) is 4.35. The molecule has 0 unspecified atom stereocenters. The number of likely N-dealkylation sites (tertiary alicyclic amines) is 1. The molecule has 0 spiro atoms. The van der Waals surface area contributed by atoms with Gasteiger partial charge < -0.3 is 21.3 Å². The van der Waals surface area contributed by atoms with E-state index in [2.05, 4.69) is 10.6 Å². The van der Waals surface area contributed by atoms with Gasteiger partial charge in [-0.3, -0.25) is 14.4 Å². The Morgan fingerprint density at radius 1 is 1.24 bits per heavy atom. The highest BCUT2D eigenvalue weighted by Crippen LogP contribution is 2.17.